The van der Waals surface area contributed by atoms with E-state index in [-0.39, 0.29) is 0 Å². The normalized spacial score (nSPS) is 9.83. The maximum absolute atomic E-state index is 11.5. The lowest BCUT2D eigenvalue weighted by atomic mass is 10.2. The second-order valence-corrected chi connectivity index (χ2v) is 3.76. The third-order valence-electron chi connectivity index (χ3n) is 2.48. The molecule has 0 amide bonds. The minimum Gasteiger partial charge on any atom is -0.395 e. The number of carbonyl (C=O) groups is 1. The first-order valence-corrected chi connectivity index (χ1v) is 5.81. The van der Waals surface area contributed by atoms with Crippen LogP contribution < -0.4 is 9.47 Å². The molecule has 0 bridgehead atoms. The molecule has 2 rings (SSSR count). The van der Waals surface area contributed by atoms with Crippen molar-refractivity contribution in [3.8, 4) is 11.5 Å². The highest BCUT2D eigenvalue weighted by Crippen LogP contribution is 2.15. The Bertz CT molecular complexity index is 503. The van der Waals surface area contributed by atoms with Gasteiger partial charge in [0.2, 0.25) is 0 Å². The van der Waals surface area contributed by atoms with Gasteiger partial charge in [-0.25, -0.2) is 4.79 Å². The van der Waals surface area contributed by atoms with E-state index in [1.165, 1.54) is 5.56 Å². The van der Waals surface area contributed by atoms with Crippen molar-refractivity contribution in [3.63, 3.8) is 0 Å². The van der Waals surface area contributed by atoms with Crippen molar-refractivity contribution in [2.45, 2.75) is 13.3 Å². The van der Waals surface area contributed by atoms with Gasteiger partial charge < -0.3 is 9.47 Å². The second kappa shape index (κ2) is 5.87. The Morgan fingerprint density at radius 2 is 1.44 bits per heavy atom. The number of carbonyl (C=O) groups excluding carboxylic acids is 1. The SMILES string of the molecule is CCc1ccc(OC(=O)Oc2ccccc2)cc1. The summed E-state index contributed by atoms with van der Waals surface area (Å²) in [4.78, 5) is 11.5. The fraction of sp³-hybridized carbons (Fsp3) is 0.133. The van der Waals surface area contributed by atoms with Crippen LogP contribution in [-0.4, -0.2) is 6.16 Å². The predicted octanol–water partition coefficient (Wildman–Crippen LogP) is 3.83. The summed E-state index contributed by atoms with van der Waals surface area (Å²) in [7, 11) is 0. The summed E-state index contributed by atoms with van der Waals surface area (Å²) in [6.45, 7) is 2.07. The van der Waals surface area contributed by atoms with Gasteiger partial charge in [0.05, 0.1) is 0 Å². The van der Waals surface area contributed by atoms with Gasteiger partial charge in [0.15, 0.2) is 0 Å². The van der Waals surface area contributed by atoms with Crippen molar-refractivity contribution in [3.05, 3.63) is 60.2 Å². The van der Waals surface area contributed by atoms with Gasteiger partial charge in [-0.15, -0.1) is 0 Å². The van der Waals surface area contributed by atoms with Crippen molar-refractivity contribution in [1.29, 1.82) is 0 Å². The monoisotopic (exact) mass is 242 g/mol. The smallest absolute Gasteiger partial charge is 0.395 e. The van der Waals surface area contributed by atoms with Crippen LogP contribution in [0.15, 0.2) is 54.6 Å². The Morgan fingerprint density at radius 1 is 0.889 bits per heavy atom. The topological polar surface area (TPSA) is 35.5 Å². The Hall–Kier alpha value is -2.29. The molecule has 3 nitrogen and oxygen atoms in total. The maximum Gasteiger partial charge on any atom is 0.519 e. The number of rotatable bonds is 3. The Labute approximate surface area is 106 Å². The molecule has 0 saturated heterocycles. The van der Waals surface area contributed by atoms with Crippen molar-refractivity contribution in [2.24, 2.45) is 0 Å². The maximum atomic E-state index is 11.5. The van der Waals surface area contributed by atoms with E-state index in [1.54, 1.807) is 36.4 Å². The summed E-state index contributed by atoms with van der Waals surface area (Å²) in [5.41, 5.74) is 1.19. The van der Waals surface area contributed by atoms with Gasteiger partial charge in [-0.3, -0.25) is 0 Å². The van der Waals surface area contributed by atoms with Crippen LogP contribution in [0.3, 0.4) is 0 Å². The number of benzene rings is 2. The first-order chi connectivity index (χ1) is 8.78. The third-order valence-corrected chi connectivity index (χ3v) is 2.48. The minimum absolute atomic E-state index is 0.465. The molecule has 0 N–H and O–H groups in total. The molecule has 0 saturated carbocycles. The van der Waals surface area contributed by atoms with Crippen LogP contribution in [0, 0.1) is 0 Å². The van der Waals surface area contributed by atoms with Gasteiger partial charge in [0, 0.05) is 0 Å². The fourth-order valence-electron chi connectivity index (χ4n) is 1.50. The number of hydrogen-bond donors (Lipinski definition) is 0. The van der Waals surface area contributed by atoms with E-state index in [2.05, 4.69) is 6.92 Å². The first-order valence-electron chi connectivity index (χ1n) is 5.81. The first kappa shape index (κ1) is 12.2. The fourth-order valence-corrected chi connectivity index (χ4v) is 1.50. The molecule has 0 heterocycles. The highest BCUT2D eigenvalue weighted by atomic mass is 16.7. The van der Waals surface area contributed by atoms with Crippen LogP contribution in [0.5, 0.6) is 11.5 Å². The molecule has 0 atom stereocenters. The zero-order valence-corrected chi connectivity index (χ0v) is 10.1. The number of aryl methyl sites for hydroxylation is 1. The molecule has 3 heteroatoms. The van der Waals surface area contributed by atoms with Gasteiger partial charge in [-0.1, -0.05) is 37.3 Å². The van der Waals surface area contributed by atoms with Crippen molar-refractivity contribution >= 4 is 6.16 Å². The lowest BCUT2D eigenvalue weighted by molar-refractivity contribution is 0.152. The van der Waals surface area contributed by atoms with E-state index in [9.17, 15) is 4.79 Å². The van der Waals surface area contributed by atoms with Gasteiger partial charge in [-0.2, -0.15) is 0 Å². The van der Waals surface area contributed by atoms with E-state index in [0.29, 0.717) is 11.5 Å². The molecule has 0 radical (unpaired) electrons. The molecule has 0 aromatic heterocycles. The van der Waals surface area contributed by atoms with Gasteiger partial charge >= 0.3 is 6.16 Å². The minimum atomic E-state index is -0.731. The summed E-state index contributed by atoms with van der Waals surface area (Å²) in [6, 6.07) is 16.2. The molecule has 0 fully saturated rings. The summed E-state index contributed by atoms with van der Waals surface area (Å²) in [6.07, 6.45) is 0.222. The largest absolute Gasteiger partial charge is 0.519 e. The molecule has 18 heavy (non-hydrogen) atoms. The van der Waals surface area contributed by atoms with Gasteiger partial charge in [0.25, 0.3) is 0 Å². The average molecular weight is 242 g/mol. The lowest BCUT2D eigenvalue weighted by Gasteiger charge is -2.05. The summed E-state index contributed by atoms with van der Waals surface area (Å²) in [5.74, 6) is 0.945. The molecule has 2 aromatic rings. The molecular weight excluding hydrogens is 228 g/mol. The van der Waals surface area contributed by atoms with Crippen LogP contribution in [-0.2, 0) is 6.42 Å². The third kappa shape index (κ3) is 3.35. The average Bonchev–Trinajstić information content (AvgIpc) is 2.40. The Kier molecular flexibility index (Phi) is 3.97. The molecular formula is C15H14O3. The number of hydrogen-bond acceptors (Lipinski definition) is 3. The predicted molar refractivity (Wildman–Crippen MR) is 68.9 cm³/mol. The number of para-hydroxylation sites is 1. The summed E-state index contributed by atoms with van der Waals surface area (Å²) < 4.78 is 10.1. The molecule has 2 aromatic carbocycles. The van der Waals surface area contributed by atoms with Gasteiger partial charge in [-0.05, 0) is 36.2 Å². The van der Waals surface area contributed by atoms with Crippen LogP contribution in [0.25, 0.3) is 0 Å². The molecule has 0 aliphatic rings. The van der Waals surface area contributed by atoms with Crippen molar-refractivity contribution < 1.29 is 14.3 Å². The molecule has 0 aliphatic carbocycles. The highest BCUT2D eigenvalue weighted by molar-refractivity contribution is 5.67. The Balaban J connectivity index is 1.94. The summed E-state index contributed by atoms with van der Waals surface area (Å²) in [5, 5.41) is 0. The van der Waals surface area contributed by atoms with E-state index in [0.717, 1.165) is 6.42 Å². The van der Waals surface area contributed by atoms with Crippen LogP contribution in [0.2, 0.25) is 0 Å². The summed E-state index contributed by atoms with van der Waals surface area (Å²) >= 11 is 0. The molecule has 0 unspecified atom stereocenters. The zero-order chi connectivity index (χ0) is 12.8. The van der Waals surface area contributed by atoms with Crippen molar-refractivity contribution in [2.75, 3.05) is 0 Å². The van der Waals surface area contributed by atoms with Crippen molar-refractivity contribution in [1.82, 2.24) is 0 Å². The number of ether oxygens (including phenoxy) is 2. The lowest BCUT2D eigenvalue weighted by Crippen LogP contribution is -2.13. The van der Waals surface area contributed by atoms with Gasteiger partial charge in [0.1, 0.15) is 11.5 Å². The quantitative estimate of drug-likeness (QED) is 0.606. The van der Waals surface area contributed by atoms with E-state index in [4.69, 9.17) is 9.47 Å². The zero-order valence-electron chi connectivity index (χ0n) is 10.1. The van der Waals surface area contributed by atoms with E-state index in [1.807, 2.05) is 18.2 Å². The van der Waals surface area contributed by atoms with Crippen LogP contribution >= 0.6 is 0 Å². The molecule has 0 spiro atoms. The standard InChI is InChI=1S/C15H14O3/c1-2-12-8-10-14(11-9-12)18-15(16)17-13-6-4-3-5-7-13/h3-11H,2H2,1H3. The van der Waals surface area contributed by atoms with Crippen LogP contribution in [0.4, 0.5) is 4.79 Å². The van der Waals surface area contributed by atoms with Crippen LogP contribution in [0.1, 0.15) is 12.5 Å². The highest BCUT2D eigenvalue weighted by Gasteiger charge is 2.07. The second-order valence-electron chi connectivity index (χ2n) is 3.76. The molecule has 92 valence electrons. The van der Waals surface area contributed by atoms with E-state index < -0.39 is 6.16 Å². The Morgan fingerprint density at radius 3 is 2.00 bits per heavy atom. The van der Waals surface area contributed by atoms with E-state index >= 15 is 0 Å². The molecule has 0 aliphatic heterocycles.